The summed E-state index contributed by atoms with van der Waals surface area (Å²) in [4.78, 5) is 33.2. The van der Waals surface area contributed by atoms with Crippen molar-refractivity contribution in [2.45, 2.75) is 20.3 Å². The number of nitrogens with zero attached hydrogens (tertiary/aromatic N) is 3. The lowest BCUT2D eigenvalue weighted by molar-refractivity contribution is 0.262. The molecule has 0 fully saturated rings. The van der Waals surface area contributed by atoms with Gasteiger partial charge in [0.15, 0.2) is 0 Å². The van der Waals surface area contributed by atoms with Gasteiger partial charge in [0.25, 0.3) is 11.3 Å². The van der Waals surface area contributed by atoms with Gasteiger partial charge < -0.3 is 10.6 Å². The molecule has 0 bridgehead atoms. The van der Waals surface area contributed by atoms with Crippen molar-refractivity contribution in [3.05, 3.63) is 51.2 Å². The van der Waals surface area contributed by atoms with Gasteiger partial charge in [-0.05, 0) is 31.5 Å². The number of carbonyl (C=O) groups is 1. The average Bonchev–Trinajstić information content (AvgIpc) is 2.90. The monoisotopic (exact) mass is 346 g/mol. The van der Waals surface area contributed by atoms with Gasteiger partial charge >= 0.3 is 6.03 Å². The van der Waals surface area contributed by atoms with Gasteiger partial charge in [0, 0.05) is 10.7 Å². The van der Waals surface area contributed by atoms with Crippen molar-refractivity contribution < 1.29 is 4.79 Å². The van der Waals surface area contributed by atoms with Crippen LogP contribution in [0.2, 0.25) is 5.02 Å². The third-order valence-electron chi connectivity index (χ3n) is 3.34. The quantitative estimate of drug-likeness (QED) is 0.678. The summed E-state index contributed by atoms with van der Waals surface area (Å²) in [5.41, 5.74) is 0.675. The Morgan fingerprint density at radius 1 is 1.33 bits per heavy atom. The molecule has 0 saturated heterocycles. The molecule has 9 heteroatoms. The van der Waals surface area contributed by atoms with Crippen LogP contribution in [0.1, 0.15) is 18.4 Å². The first-order valence-corrected chi connectivity index (χ1v) is 7.67. The summed E-state index contributed by atoms with van der Waals surface area (Å²) >= 11 is 5.88. The number of hydrogen-bond donors (Lipinski definition) is 3. The number of fused-ring (bicyclic) bond motifs is 1. The van der Waals surface area contributed by atoms with Gasteiger partial charge in [0.05, 0.1) is 5.69 Å². The van der Waals surface area contributed by atoms with E-state index in [0.717, 1.165) is 0 Å². The van der Waals surface area contributed by atoms with E-state index >= 15 is 0 Å². The number of anilines is 2. The van der Waals surface area contributed by atoms with Gasteiger partial charge in [-0.25, -0.2) is 9.78 Å². The van der Waals surface area contributed by atoms with Crippen LogP contribution >= 0.6 is 11.6 Å². The number of amides is 2. The molecule has 2 amide bonds. The van der Waals surface area contributed by atoms with Crippen LogP contribution in [-0.2, 0) is 6.42 Å². The normalized spacial score (nSPS) is 10.8. The van der Waals surface area contributed by atoms with E-state index in [1.807, 2.05) is 6.92 Å². The Labute approximate surface area is 141 Å². The van der Waals surface area contributed by atoms with E-state index in [1.54, 1.807) is 31.2 Å². The number of urea groups is 1. The van der Waals surface area contributed by atoms with Crippen LogP contribution in [0.3, 0.4) is 0 Å². The molecule has 0 aliphatic rings. The van der Waals surface area contributed by atoms with Crippen LogP contribution in [0.5, 0.6) is 0 Å². The number of rotatable bonds is 3. The van der Waals surface area contributed by atoms with Crippen LogP contribution in [-0.4, -0.2) is 25.6 Å². The Balaban J connectivity index is 1.92. The summed E-state index contributed by atoms with van der Waals surface area (Å²) in [5.74, 6) is 0.831. The smallest absolute Gasteiger partial charge is 0.308 e. The van der Waals surface area contributed by atoms with Gasteiger partial charge in [-0.3, -0.25) is 9.89 Å². The minimum atomic E-state index is -0.554. The van der Waals surface area contributed by atoms with E-state index in [0.29, 0.717) is 28.6 Å². The molecule has 0 aliphatic heterocycles. The lowest BCUT2D eigenvalue weighted by atomic mass is 10.3. The minimum Gasteiger partial charge on any atom is -0.308 e. The number of halogens is 1. The molecule has 24 heavy (non-hydrogen) atoms. The first-order valence-electron chi connectivity index (χ1n) is 7.29. The SMILES string of the molecule is CCc1nc2nc(C)[nH]n2c(=O)c1NC(=O)Nc1cccc(Cl)c1. The molecule has 2 heterocycles. The van der Waals surface area contributed by atoms with Crippen LogP contribution in [0.25, 0.3) is 5.78 Å². The molecule has 2 aromatic heterocycles. The van der Waals surface area contributed by atoms with Gasteiger partial charge in [-0.2, -0.15) is 9.50 Å². The van der Waals surface area contributed by atoms with E-state index in [9.17, 15) is 9.59 Å². The minimum absolute atomic E-state index is 0.109. The van der Waals surface area contributed by atoms with Crippen molar-refractivity contribution in [3.63, 3.8) is 0 Å². The van der Waals surface area contributed by atoms with Gasteiger partial charge in [0.1, 0.15) is 11.5 Å². The van der Waals surface area contributed by atoms with Crippen LogP contribution in [0.15, 0.2) is 29.1 Å². The maximum absolute atomic E-state index is 12.6. The van der Waals surface area contributed by atoms with Gasteiger partial charge in [-0.15, -0.1) is 0 Å². The zero-order valence-corrected chi connectivity index (χ0v) is 13.8. The third-order valence-corrected chi connectivity index (χ3v) is 3.57. The Morgan fingerprint density at radius 3 is 2.83 bits per heavy atom. The van der Waals surface area contributed by atoms with Crippen molar-refractivity contribution in [2.75, 3.05) is 10.6 Å². The molecule has 0 saturated carbocycles. The summed E-state index contributed by atoms with van der Waals surface area (Å²) in [5, 5.41) is 8.48. The predicted octanol–water partition coefficient (Wildman–Crippen LogP) is 2.59. The van der Waals surface area contributed by atoms with E-state index in [-0.39, 0.29) is 11.5 Å². The second-order valence-electron chi connectivity index (χ2n) is 5.13. The summed E-state index contributed by atoms with van der Waals surface area (Å²) in [6.07, 6.45) is 0.477. The van der Waals surface area contributed by atoms with E-state index in [2.05, 4.69) is 25.7 Å². The molecule has 0 radical (unpaired) electrons. The molecule has 0 aliphatic carbocycles. The maximum Gasteiger partial charge on any atom is 0.323 e. The number of carbonyl (C=O) groups excluding carboxylic acids is 1. The highest BCUT2D eigenvalue weighted by molar-refractivity contribution is 6.30. The lowest BCUT2D eigenvalue weighted by Gasteiger charge is -2.10. The highest BCUT2D eigenvalue weighted by Gasteiger charge is 2.16. The summed E-state index contributed by atoms with van der Waals surface area (Å²) in [6, 6.07) is 6.16. The van der Waals surface area contributed by atoms with Crippen molar-refractivity contribution in [3.8, 4) is 0 Å². The Bertz CT molecular complexity index is 978. The Kier molecular flexibility index (Phi) is 4.22. The molecule has 1 aromatic carbocycles. The molecule has 3 aromatic rings. The highest BCUT2D eigenvalue weighted by atomic mass is 35.5. The number of benzene rings is 1. The number of hydrogen-bond acceptors (Lipinski definition) is 4. The fourth-order valence-corrected chi connectivity index (χ4v) is 2.48. The van der Waals surface area contributed by atoms with Crippen LogP contribution in [0.4, 0.5) is 16.2 Å². The van der Waals surface area contributed by atoms with Gasteiger partial charge in [0.2, 0.25) is 0 Å². The number of aryl methyl sites for hydroxylation is 2. The van der Waals surface area contributed by atoms with Crippen LogP contribution < -0.4 is 16.2 Å². The Hall–Kier alpha value is -2.87. The van der Waals surface area contributed by atoms with Gasteiger partial charge in [-0.1, -0.05) is 24.6 Å². The van der Waals surface area contributed by atoms with Crippen molar-refractivity contribution in [1.29, 1.82) is 0 Å². The number of H-pyrrole nitrogens is 1. The Morgan fingerprint density at radius 2 is 2.12 bits per heavy atom. The largest absolute Gasteiger partial charge is 0.323 e. The zero-order valence-electron chi connectivity index (χ0n) is 13.1. The maximum atomic E-state index is 12.6. The molecule has 0 atom stereocenters. The van der Waals surface area contributed by atoms with Crippen molar-refractivity contribution in [1.82, 2.24) is 19.6 Å². The highest BCUT2D eigenvalue weighted by Crippen LogP contribution is 2.16. The summed E-state index contributed by atoms with van der Waals surface area (Å²) in [6.45, 7) is 3.57. The number of aromatic amines is 1. The van der Waals surface area contributed by atoms with Crippen molar-refractivity contribution >= 4 is 34.8 Å². The second-order valence-corrected chi connectivity index (χ2v) is 5.56. The molecule has 0 spiro atoms. The topological polar surface area (TPSA) is 104 Å². The van der Waals surface area contributed by atoms with E-state index in [1.165, 1.54) is 4.52 Å². The molecular weight excluding hydrogens is 332 g/mol. The first kappa shape index (κ1) is 16.0. The number of nitrogens with one attached hydrogen (secondary N) is 3. The summed E-state index contributed by atoms with van der Waals surface area (Å²) in [7, 11) is 0. The zero-order chi connectivity index (χ0) is 17.3. The molecule has 8 nitrogen and oxygen atoms in total. The fourth-order valence-electron chi connectivity index (χ4n) is 2.29. The molecule has 3 N–H and O–H groups in total. The standard InChI is InChI=1S/C15H15ClN6O2/c1-3-11-12(13(23)22-14(19-11)17-8(2)21-22)20-15(24)18-10-6-4-5-9(16)7-10/h4-7H,3H2,1-2H3,(H,17,19,21)(H2,18,20,24). The van der Waals surface area contributed by atoms with E-state index < -0.39 is 11.6 Å². The number of aromatic nitrogens is 4. The third kappa shape index (κ3) is 3.09. The predicted molar refractivity (Wildman–Crippen MR) is 91.8 cm³/mol. The molecule has 124 valence electrons. The van der Waals surface area contributed by atoms with E-state index in [4.69, 9.17) is 11.6 Å². The average molecular weight is 347 g/mol. The van der Waals surface area contributed by atoms with Crippen LogP contribution in [0, 0.1) is 6.92 Å². The first-order chi connectivity index (χ1) is 11.5. The molecule has 0 unspecified atom stereocenters. The van der Waals surface area contributed by atoms with Crippen molar-refractivity contribution in [2.24, 2.45) is 0 Å². The lowest BCUT2D eigenvalue weighted by Crippen LogP contribution is -2.28. The second kappa shape index (κ2) is 6.32. The molecule has 3 rings (SSSR count). The molecular formula is C15H15ClN6O2. The summed E-state index contributed by atoms with van der Waals surface area (Å²) < 4.78 is 1.20. The fraction of sp³-hybridized carbons (Fsp3) is 0.200.